The van der Waals surface area contributed by atoms with Crippen LogP contribution in [0.3, 0.4) is 0 Å². The lowest BCUT2D eigenvalue weighted by Gasteiger charge is -2.06. The summed E-state index contributed by atoms with van der Waals surface area (Å²) in [5, 5.41) is 28.3. The van der Waals surface area contributed by atoms with E-state index in [2.05, 4.69) is 0 Å². The summed E-state index contributed by atoms with van der Waals surface area (Å²) in [5.41, 5.74) is 1.08. The molecule has 0 fully saturated rings. The molecule has 102 valence electrons. The van der Waals surface area contributed by atoms with Gasteiger partial charge in [0.2, 0.25) is 0 Å². The number of halogens is 1. The zero-order valence-corrected chi connectivity index (χ0v) is 11.4. The summed E-state index contributed by atoms with van der Waals surface area (Å²) in [4.78, 5) is 10.1. The predicted molar refractivity (Wildman–Crippen MR) is 68.1 cm³/mol. The smallest absolute Gasteiger partial charge is 0.269 e. The van der Waals surface area contributed by atoms with Crippen molar-refractivity contribution in [1.82, 2.24) is 0 Å². The maximum Gasteiger partial charge on any atom is 0.269 e. The molecule has 0 saturated heterocycles. The summed E-state index contributed by atoms with van der Waals surface area (Å²) >= 11 is 0. The fourth-order valence-corrected chi connectivity index (χ4v) is 3.13. The molecule has 7 heteroatoms. The Labute approximate surface area is 115 Å². The van der Waals surface area contributed by atoms with Gasteiger partial charge in [-0.3, -0.25) is 10.1 Å². The van der Waals surface area contributed by atoms with Crippen molar-refractivity contribution >= 4 is 16.6 Å². The van der Waals surface area contributed by atoms with Crippen molar-refractivity contribution in [3.63, 3.8) is 0 Å². The van der Waals surface area contributed by atoms with Crippen LogP contribution >= 0.6 is 0 Å². The maximum absolute atomic E-state index is 10.5. The van der Waals surface area contributed by atoms with Crippen LogP contribution in [0.2, 0.25) is 0 Å². The van der Waals surface area contributed by atoms with Gasteiger partial charge in [0, 0.05) is 17.7 Å². The van der Waals surface area contributed by atoms with Gasteiger partial charge in [-0.2, -0.15) is 0 Å². The summed E-state index contributed by atoms with van der Waals surface area (Å²) in [6.07, 6.45) is 0. The number of aliphatic hydroxyl groups is 2. The highest BCUT2D eigenvalue weighted by atomic mass is 35.5. The van der Waals surface area contributed by atoms with Crippen LogP contribution in [0.1, 0.15) is 5.56 Å². The van der Waals surface area contributed by atoms with E-state index in [0.29, 0.717) is 11.5 Å². The van der Waals surface area contributed by atoms with Crippen LogP contribution in [0.15, 0.2) is 24.3 Å². The monoisotopic (exact) mass is 293 g/mol. The van der Waals surface area contributed by atoms with E-state index >= 15 is 0 Å². The first-order chi connectivity index (χ1) is 8.17. The fraction of sp³-hybridized carbons (Fsp3) is 0.455. The number of hydrogen-bond acceptors (Lipinski definition) is 4. The summed E-state index contributed by atoms with van der Waals surface area (Å²) < 4.78 is 0. The number of non-ortho nitro benzene ring substituents is 1. The van der Waals surface area contributed by atoms with E-state index < -0.39 is 4.92 Å². The van der Waals surface area contributed by atoms with Gasteiger partial charge in [-0.25, -0.2) is 0 Å². The van der Waals surface area contributed by atoms with Crippen LogP contribution < -0.4 is 12.4 Å². The van der Waals surface area contributed by atoms with E-state index in [1.807, 2.05) is 0 Å². The molecule has 0 atom stereocenters. The van der Waals surface area contributed by atoms with E-state index in [0.717, 1.165) is 11.3 Å². The normalized spacial score (nSPS) is 10.2. The zero-order valence-electron chi connectivity index (χ0n) is 9.79. The molecule has 0 aliphatic rings. The Hall–Kier alpha value is -0.820. The van der Waals surface area contributed by atoms with Crippen molar-refractivity contribution in [2.75, 3.05) is 24.7 Å². The third-order valence-electron chi connectivity index (χ3n) is 2.28. The first-order valence-electron chi connectivity index (χ1n) is 5.26. The Bertz CT molecular complexity index is 355. The molecule has 1 rings (SSSR count). The van der Waals surface area contributed by atoms with Gasteiger partial charge in [-0.05, 0) is 23.0 Å². The van der Waals surface area contributed by atoms with E-state index in [4.69, 9.17) is 10.2 Å². The molecule has 0 aromatic heterocycles. The van der Waals surface area contributed by atoms with Gasteiger partial charge in [-0.15, -0.1) is 0 Å². The zero-order chi connectivity index (χ0) is 12.7. The number of nitrogens with zero attached hydrogens (tertiary/aromatic N) is 1. The van der Waals surface area contributed by atoms with Crippen molar-refractivity contribution < 1.29 is 27.5 Å². The van der Waals surface area contributed by atoms with Gasteiger partial charge in [0.15, 0.2) is 0 Å². The molecule has 5 nitrogen and oxygen atoms in total. The summed E-state index contributed by atoms with van der Waals surface area (Å²) in [6.45, 7) is 0.214. The standard InChI is InChI=1S/C11H16NO4S.ClH/c13-5-7-17(8-6-14)9-10-1-3-11(4-2-10)12(15)16;/h1-4,13-14H,5-9H2;1H/q+1;/p-1. The summed E-state index contributed by atoms with van der Waals surface area (Å²) in [5.74, 6) is 2.08. The minimum Gasteiger partial charge on any atom is -1.00 e. The Morgan fingerprint density at radius 1 is 1.11 bits per heavy atom. The van der Waals surface area contributed by atoms with Gasteiger partial charge in [0.25, 0.3) is 5.69 Å². The van der Waals surface area contributed by atoms with Crippen molar-refractivity contribution in [2.24, 2.45) is 0 Å². The van der Waals surface area contributed by atoms with E-state index in [-0.39, 0.29) is 42.2 Å². The van der Waals surface area contributed by atoms with Crippen LogP contribution in [-0.4, -0.2) is 39.9 Å². The molecule has 0 spiro atoms. The molecular formula is C11H16ClNO4S. The molecule has 1 aromatic carbocycles. The third-order valence-corrected chi connectivity index (χ3v) is 4.54. The lowest BCUT2D eigenvalue weighted by Crippen LogP contribution is -3.00. The Kier molecular flexibility index (Phi) is 8.74. The number of benzene rings is 1. The molecular weight excluding hydrogens is 278 g/mol. The largest absolute Gasteiger partial charge is 1.00 e. The molecule has 0 aliphatic carbocycles. The molecule has 0 unspecified atom stereocenters. The second-order valence-corrected chi connectivity index (χ2v) is 5.87. The average molecular weight is 294 g/mol. The lowest BCUT2D eigenvalue weighted by molar-refractivity contribution is -0.384. The molecule has 0 radical (unpaired) electrons. The van der Waals surface area contributed by atoms with Crippen molar-refractivity contribution in [3.8, 4) is 0 Å². The number of aliphatic hydroxyl groups excluding tert-OH is 2. The Morgan fingerprint density at radius 3 is 2.00 bits per heavy atom. The molecule has 0 heterocycles. The lowest BCUT2D eigenvalue weighted by atomic mass is 10.2. The second kappa shape index (κ2) is 9.16. The van der Waals surface area contributed by atoms with Crippen LogP contribution in [-0.2, 0) is 16.6 Å². The second-order valence-electron chi connectivity index (χ2n) is 3.54. The highest BCUT2D eigenvalue weighted by Crippen LogP contribution is 2.15. The van der Waals surface area contributed by atoms with E-state index in [9.17, 15) is 10.1 Å². The van der Waals surface area contributed by atoms with Crippen molar-refractivity contribution in [2.45, 2.75) is 5.75 Å². The van der Waals surface area contributed by atoms with Gasteiger partial charge < -0.3 is 22.6 Å². The van der Waals surface area contributed by atoms with Crippen LogP contribution in [0.25, 0.3) is 0 Å². The minimum absolute atomic E-state index is 0. The van der Waals surface area contributed by atoms with Gasteiger partial charge in [0.05, 0.1) is 18.1 Å². The first kappa shape index (κ1) is 17.2. The number of nitro groups is 1. The Balaban J connectivity index is 0.00000289. The molecule has 0 aliphatic heterocycles. The molecule has 0 amide bonds. The molecule has 2 N–H and O–H groups in total. The average Bonchev–Trinajstić information content (AvgIpc) is 2.30. The van der Waals surface area contributed by atoms with Gasteiger partial charge >= 0.3 is 0 Å². The third kappa shape index (κ3) is 5.68. The first-order valence-corrected chi connectivity index (χ1v) is 6.99. The van der Waals surface area contributed by atoms with Gasteiger partial charge in [-0.1, -0.05) is 0 Å². The number of nitro benzene ring substituents is 1. The van der Waals surface area contributed by atoms with Crippen molar-refractivity contribution in [3.05, 3.63) is 39.9 Å². The quantitative estimate of drug-likeness (QED) is 0.336. The van der Waals surface area contributed by atoms with Gasteiger partial charge in [0.1, 0.15) is 17.3 Å². The van der Waals surface area contributed by atoms with E-state index in [1.54, 1.807) is 12.1 Å². The number of hydrogen-bond donors (Lipinski definition) is 2. The molecule has 0 bridgehead atoms. The highest BCUT2D eigenvalue weighted by Gasteiger charge is 2.17. The fourth-order valence-electron chi connectivity index (χ4n) is 1.45. The summed E-state index contributed by atoms with van der Waals surface area (Å²) in [7, 11) is -0.0627. The molecule has 0 saturated carbocycles. The highest BCUT2D eigenvalue weighted by molar-refractivity contribution is 7.96. The number of rotatable bonds is 7. The van der Waals surface area contributed by atoms with Crippen molar-refractivity contribution in [1.29, 1.82) is 0 Å². The molecule has 1 aromatic rings. The topological polar surface area (TPSA) is 83.6 Å². The van der Waals surface area contributed by atoms with E-state index in [1.165, 1.54) is 12.1 Å². The minimum atomic E-state index is -0.426. The van der Waals surface area contributed by atoms with Crippen LogP contribution in [0.5, 0.6) is 0 Å². The summed E-state index contributed by atoms with van der Waals surface area (Å²) in [6, 6.07) is 6.42. The Morgan fingerprint density at radius 2 is 1.61 bits per heavy atom. The maximum atomic E-state index is 10.5. The van der Waals surface area contributed by atoms with Crippen LogP contribution in [0, 0.1) is 10.1 Å². The SMILES string of the molecule is O=[N+]([O-])c1ccc(C[S+](CCO)CCO)cc1.[Cl-]. The van der Waals surface area contributed by atoms with Crippen LogP contribution in [0.4, 0.5) is 5.69 Å². The molecule has 18 heavy (non-hydrogen) atoms. The predicted octanol–water partition coefficient (Wildman–Crippen LogP) is -2.30.